The summed E-state index contributed by atoms with van der Waals surface area (Å²) in [5.74, 6) is -0.406. The number of aliphatic imine (C=N–C) groups is 1. The van der Waals surface area contributed by atoms with Gasteiger partial charge in [-0.1, -0.05) is 24.1 Å². The molecular formula is C27H26N4O5. The Kier molecular flexibility index (Phi) is 6.78. The maximum absolute atomic E-state index is 14.3. The van der Waals surface area contributed by atoms with Crippen molar-refractivity contribution in [1.82, 2.24) is 0 Å². The molecule has 0 radical (unpaired) electrons. The van der Waals surface area contributed by atoms with Crippen LogP contribution in [0.2, 0.25) is 0 Å². The van der Waals surface area contributed by atoms with E-state index < -0.39 is 45.4 Å². The van der Waals surface area contributed by atoms with Gasteiger partial charge in [-0.3, -0.25) is 14.7 Å². The minimum atomic E-state index is -2.40. The number of anilines is 1. The van der Waals surface area contributed by atoms with Crippen LogP contribution in [0.5, 0.6) is 0 Å². The van der Waals surface area contributed by atoms with Gasteiger partial charge in [0.1, 0.15) is 5.41 Å². The number of hydrogen-bond acceptors (Lipinski definition) is 8. The fraction of sp³-hybridized carbons (Fsp3) is 0.407. The Morgan fingerprint density at radius 2 is 1.67 bits per heavy atom. The van der Waals surface area contributed by atoms with Crippen molar-refractivity contribution in [2.75, 3.05) is 24.7 Å². The number of amides is 1. The van der Waals surface area contributed by atoms with Gasteiger partial charge in [0.15, 0.2) is 0 Å². The van der Waals surface area contributed by atoms with E-state index in [1.54, 1.807) is 52.8 Å². The van der Waals surface area contributed by atoms with Crippen LogP contribution in [0, 0.1) is 40.4 Å². The molecular weight excluding hydrogens is 460 g/mol. The number of para-hydroxylation sites is 1. The van der Waals surface area contributed by atoms with Crippen molar-refractivity contribution >= 4 is 29.2 Å². The van der Waals surface area contributed by atoms with Crippen LogP contribution in [0.15, 0.2) is 40.4 Å². The molecule has 0 aromatic heterocycles. The minimum Gasteiger partial charge on any atom is -0.463 e. The first-order chi connectivity index (χ1) is 17.0. The molecule has 1 aliphatic heterocycles. The quantitative estimate of drug-likeness (QED) is 0.461. The van der Waals surface area contributed by atoms with Gasteiger partial charge in [-0.05, 0) is 46.2 Å². The topological polar surface area (TPSA) is 133 Å². The van der Waals surface area contributed by atoms with Crippen LogP contribution in [0.4, 0.5) is 5.69 Å². The second kappa shape index (κ2) is 9.32. The molecule has 1 heterocycles. The number of terminal acetylenes is 1. The van der Waals surface area contributed by atoms with E-state index in [1.165, 1.54) is 11.0 Å². The van der Waals surface area contributed by atoms with Crippen LogP contribution in [0.3, 0.4) is 0 Å². The molecule has 2 aliphatic rings. The Balaban J connectivity index is 2.67. The number of carbonyl (C=O) groups is 3. The van der Waals surface area contributed by atoms with E-state index >= 15 is 0 Å². The SMILES string of the molecule is C#CCN1C(=O)C2(C(C(=O)OCC)=C(C(=O)OCC)C(=NC(C)(C)C)C2(C#N)C#N)c2ccccc21. The second-order valence-electron chi connectivity index (χ2n) is 9.16. The number of ether oxygens (including phenoxy) is 2. The van der Waals surface area contributed by atoms with Crippen LogP contribution in [-0.4, -0.2) is 48.9 Å². The summed E-state index contributed by atoms with van der Waals surface area (Å²) in [4.78, 5) is 47.1. The first-order valence-electron chi connectivity index (χ1n) is 11.4. The zero-order chi connectivity index (χ0) is 26.9. The molecule has 184 valence electrons. The third kappa shape index (κ3) is 3.46. The normalized spacial score (nSPS) is 21.1. The highest BCUT2D eigenvalue weighted by Crippen LogP contribution is 2.62. The van der Waals surface area contributed by atoms with E-state index in [0.29, 0.717) is 5.69 Å². The Morgan fingerprint density at radius 3 is 2.19 bits per heavy atom. The largest absolute Gasteiger partial charge is 0.463 e. The van der Waals surface area contributed by atoms with Gasteiger partial charge in [0.25, 0.3) is 0 Å². The van der Waals surface area contributed by atoms with Gasteiger partial charge in [0.05, 0.1) is 54.3 Å². The van der Waals surface area contributed by atoms with Crippen LogP contribution in [0.25, 0.3) is 0 Å². The van der Waals surface area contributed by atoms with Crippen molar-refractivity contribution < 1.29 is 23.9 Å². The zero-order valence-corrected chi connectivity index (χ0v) is 20.8. The van der Waals surface area contributed by atoms with Crippen molar-refractivity contribution in [1.29, 1.82) is 10.5 Å². The van der Waals surface area contributed by atoms with E-state index in [4.69, 9.17) is 15.9 Å². The number of esters is 2. The van der Waals surface area contributed by atoms with Gasteiger partial charge in [-0.25, -0.2) is 9.59 Å². The molecule has 1 amide bonds. The standard InChI is InChI=1S/C27H26N4O5/c1-7-14-31-18-13-11-10-12-17(18)27(24(31)34)20(23(33)36-9-3)19(22(32)35-8-2)21(30-25(4,5)6)26(27,15-28)16-29/h1,10-13H,8-9,14H2,2-6H3. The first-order valence-corrected chi connectivity index (χ1v) is 11.4. The number of benzene rings is 1. The van der Waals surface area contributed by atoms with Gasteiger partial charge >= 0.3 is 11.9 Å². The molecule has 1 atom stereocenters. The lowest BCUT2D eigenvalue weighted by molar-refractivity contribution is -0.142. The predicted octanol–water partition coefficient (Wildman–Crippen LogP) is 2.61. The molecule has 0 N–H and O–H groups in total. The zero-order valence-electron chi connectivity index (χ0n) is 20.8. The first kappa shape index (κ1) is 26.2. The maximum Gasteiger partial charge on any atom is 0.340 e. The predicted molar refractivity (Wildman–Crippen MR) is 130 cm³/mol. The summed E-state index contributed by atoms with van der Waals surface area (Å²) in [5.41, 5.74) is -6.26. The van der Waals surface area contributed by atoms with Crippen molar-refractivity contribution in [3.8, 4) is 24.5 Å². The summed E-state index contributed by atoms with van der Waals surface area (Å²) in [6.07, 6.45) is 5.54. The fourth-order valence-corrected chi connectivity index (χ4v) is 4.80. The van der Waals surface area contributed by atoms with Gasteiger partial charge in [-0.15, -0.1) is 6.42 Å². The highest BCUT2D eigenvalue weighted by molar-refractivity contribution is 6.36. The van der Waals surface area contributed by atoms with Gasteiger partial charge in [0.2, 0.25) is 11.3 Å². The average molecular weight is 487 g/mol. The van der Waals surface area contributed by atoms with Crippen molar-refractivity contribution in [2.45, 2.75) is 45.6 Å². The van der Waals surface area contributed by atoms with Crippen molar-refractivity contribution in [3.05, 3.63) is 41.0 Å². The van der Waals surface area contributed by atoms with E-state index in [0.717, 1.165) is 0 Å². The van der Waals surface area contributed by atoms with Gasteiger partial charge < -0.3 is 9.47 Å². The molecule has 0 saturated carbocycles. The van der Waals surface area contributed by atoms with E-state index in [1.807, 2.05) is 12.1 Å². The summed E-state index contributed by atoms with van der Waals surface area (Å²) < 4.78 is 10.6. The third-order valence-corrected chi connectivity index (χ3v) is 5.94. The molecule has 1 unspecified atom stereocenters. The highest BCUT2D eigenvalue weighted by atomic mass is 16.5. The lowest BCUT2D eigenvalue weighted by atomic mass is 9.60. The van der Waals surface area contributed by atoms with Crippen molar-refractivity contribution in [2.24, 2.45) is 10.4 Å². The Morgan fingerprint density at radius 1 is 1.08 bits per heavy atom. The van der Waals surface area contributed by atoms with Crippen LogP contribution >= 0.6 is 0 Å². The van der Waals surface area contributed by atoms with Gasteiger partial charge in [0, 0.05) is 5.69 Å². The molecule has 3 rings (SSSR count). The van der Waals surface area contributed by atoms with Crippen molar-refractivity contribution in [3.63, 3.8) is 0 Å². The number of carbonyl (C=O) groups excluding carboxylic acids is 3. The lowest BCUT2D eigenvalue weighted by Gasteiger charge is -2.34. The smallest absolute Gasteiger partial charge is 0.340 e. The molecule has 36 heavy (non-hydrogen) atoms. The Labute approximate surface area is 210 Å². The maximum atomic E-state index is 14.3. The van der Waals surface area contributed by atoms with Crippen LogP contribution < -0.4 is 4.90 Å². The molecule has 9 nitrogen and oxygen atoms in total. The number of nitrogens with zero attached hydrogens (tertiary/aromatic N) is 4. The molecule has 0 bridgehead atoms. The Hall–Kier alpha value is -4.42. The van der Waals surface area contributed by atoms with E-state index in [9.17, 15) is 24.9 Å². The van der Waals surface area contributed by atoms with Gasteiger partial charge in [-0.2, -0.15) is 10.5 Å². The summed E-state index contributed by atoms with van der Waals surface area (Å²) in [6.45, 7) is 7.89. The molecule has 9 heteroatoms. The molecule has 1 aliphatic carbocycles. The highest BCUT2D eigenvalue weighted by Gasteiger charge is 2.76. The molecule has 1 aromatic carbocycles. The lowest BCUT2D eigenvalue weighted by Crippen LogP contribution is -2.54. The minimum absolute atomic E-state index is 0.0614. The molecule has 1 aromatic rings. The van der Waals surface area contributed by atoms with E-state index in [-0.39, 0.29) is 31.0 Å². The molecule has 1 spiro atoms. The number of fused-ring (bicyclic) bond motifs is 2. The fourth-order valence-electron chi connectivity index (χ4n) is 4.80. The summed E-state index contributed by atoms with van der Waals surface area (Å²) in [5, 5.41) is 21.3. The average Bonchev–Trinajstić information content (AvgIpc) is 3.22. The summed E-state index contributed by atoms with van der Waals surface area (Å²) >= 11 is 0. The number of nitriles is 2. The number of rotatable bonds is 5. The third-order valence-electron chi connectivity index (χ3n) is 5.94. The number of hydrogen-bond donors (Lipinski definition) is 0. The van der Waals surface area contributed by atoms with E-state index in [2.05, 4.69) is 10.9 Å². The molecule has 0 saturated heterocycles. The summed E-state index contributed by atoms with van der Waals surface area (Å²) in [6, 6.07) is 10.4. The van der Waals surface area contributed by atoms with Crippen LogP contribution in [-0.2, 0) is 29.3 Å². The van der Waals surface area contributed by atoms with Crippen LogP contribution in [0.1, 0.15) is 40.2 Å². The Bertz CT molecular complexity index is 1320. The molecule has 0 fully saturated rings. The second-order valence-corrected chi connectivity index (χ2v) is 9.16. The monoisotopic (exact) mass is 486 g/mol. The summed E-state index contributed by atoms with van der Waals surface area (Å²) in [7, 11) is 0.